The van der Waals surface area contributed by atoms with Crippen LogP contribution in [0.1, 0.15) is 31.1 Å². The van der Waals surface area contributed by atoms with Crippen LogP contribution in [0, 0.1) is 0 Å². The molecule has 0 fully saturated rings. The van der Waals surface area contributed by atoms with Gasteiger partial charge in [0.25, 0.3) is 5.91 Å². The molecule has 1 rings (SSSR count). The van der Waals surface area contributed by atoms with E-state index in [9.17, 15) is 4.79 Å². The number of rotatable bonds is 7. The van der Waals surface area contributed by atoms with Crippen LogP contribution >= 0.6 is 0 Å². The van der Waals surface area contributed by atoms with E-state index in [1.165, 1.54) is 0 Å². The molecule has 0 aromatic heterocycles. The van der Waals surface area contributed by atoms with Crippen LogP contribution in [0.15, 0.2) is 24.3 Å². The van der Waals surface area contributed by atoms with Crippen molar-refractivity contribution in [2.24, 2.45) is 0 Å². The molecule has 0 saturated carbocycles. The zero-order chi connectivity index (χ0) is 13.4. The van der Waals surface area contributed by atoms with Crippen LogP contribution in [0.4, 0.5) is 5.69 Å². The molecule has 0 aliphatic heterocycles. The second-order valence-electron chi connectivity index (χ2n) is 4.30. The van der Waals surface area contributed by atoms with Crippen molar-refractivity contribution in [3.63, 3.8) is 0 Å². The van der Waals surface area contributed by atoms with E-state index < -0.39 is 0 Å². The highest BCUT2D eigenvalue weighted by molar-refractivity contribution is 5.99. The van der Waals surface area contributed by atoms with Crippen molar-refractivity contribution in [2.75, 3.05) is 25.1 Å². The summed E-state index contributed by atoms with van der Waals surface area (Å²) in [5, 5.41) is 6.11. The highest BCUT2D eigenvalue weighted by atomic mass is 16.5. The maximum Gasteiger partial charge on any atom is 0.253 e. The first-order chi connectivity index (χ1) is 8.65. The molecule has 0 aliphatic rings. The lowest BCUT2D eigenvalue weighted by Gasteiger charge is -2.14. The number of ether oxygens (including phenoxy) is 1. The molecule has 0 atom stereocenters. The average molecular weight is 250 g/mol. The fraction of sp³-hybridized carbons (Fsp3) is 0.500. The molecule has 1 aromatic carbocycles. The summed E-state index contributed by atoms with van der Waals surface area (Å²) in [5.41, 5.74) is 1.53. The second kappa shape index (κ2) is 7.71. The summed E-state index contributed by atoms with van der Waals surface area (Å²) in [6, 6.07) is 7.81. The van der Waals surface area contributed by atoms with Gasteiger partial charge >= 0.3 is 0 Å². The fourth-order valence-corrected chi connectivity index (χ4v) is 1.59. The summed E-state index contributed by atoms with van der Waals surface area (Å²) in [4.78, 5) is 12.0. The number of carbonyl (C=O) groups excluding carboxylic acids is 1. The largest absolute Gasteiger partial charge is 0.382 e. The minimum Gasteiger partial charge on any atom is -0.382 e. The Kier molecular flexibility index (Phi) is 6.22. The Morgan fingerprint density at radius 2 is 2.06 bits per heavy atom. The van der Waals surface area contributed by atoms with Crippen LogP contribution < -0.4 is 10.6 Å². The molecule has 100 valence electrons. The molecule has 1 amide bonds. The molecular formula is C14H22N2O2. The molecule has 0 unspecified atom stereocenters. The SMILES string of the molecule is CCOCCNC(=O)c1ccccc1NC(C)C. The summed E-state index contributed by atoms with van der Waals surface area (Å²) in [5.74, 6) is -0.0709. The predicted octanol–water partition coefficient (Wildman–Crippen LogP) is 2.27. The number of nitrogens with one attached hydrogen (secondary N) is 2. The summed E-state index contributed by atoms with van der Waals surface area (Å²) >= 11 is 0. The van der Waals surface area contributed by atoms with E-state index in [-0.39, 0.29) is 5.91 Å². The van der Waals surface area contributed by atoms with Gasteiger partial charge in [-0.3, -0.25) is 4.79 Å². The standard InChI is InChI=1S/C14H22N2O2/c1-4-18-10-9-15-14(17)12-7-5-6-8-13(12)16-11(2)3/h5-8,11,16H,4,9-10H2,1-3H3,(H,15,17). The van der Waals surface area contributed by atoms with Gasteiger partial charge in [-0.25, -0.2) is 0 Å². The van der Waals surface area contributed by atoms with E-state index in [0.717, 1.165) is 5.69 Å². The van der Waals surface area contributed by atoms with Gasteiger partial charge in [0.2, 0.25) is 0 Å². The molecule has 2 N–H and O–H groups in total. The Balaban J connectivity index is 2.61. The molecule has 0 saturated heterocycles. The van der Waals surface area contributed by atoms with Crippen molar-refractivity contribution in [1.82, 2.24) is 5.32 Å². The van der Waals surface area contributed by atoms with E-state index in [4.69, 9.17) is 4.74 Å². The summed E-state index contributed by atoms with van der Waals surface area (Å²) in [7, 11) is 0. The molecule has 18 heavy (non-hydrogen) atoms. The Morgan fingerprint density at radius 3 is 2.72 bits per heavy atom. The maximum atomic E-state index is 12.0. The van der Waals surface area contributed by atoms with Crippen molar-refractivity contribution in [1.29, 1.82) is 0 Å². The zero-order valence-corrected chi connectivity index (χ0v) is 11.3. The molecule has 0 radical (unpaired) electrons. The third-order valence-corrected chi connectivity index (χ3v) is 2.35. The fourth-order valence-electron chi connectivity index (χ4n) is 1.59. The van der Waals surface area contributed by atoms with Crippen molar-refractivity contribution < 1.29 is 9.53 Å². The number of anilines is 1. The third-order valence-electron chi connectivity index (χ3n) is 2.35. The van der Waals surface area contributed by atoms with Crippen molar-refractivity contribution >= 4 is 11.6 Å². The summed E-state index contributed by atoms with van der Waals surface area (Å²) in [6.07, 6.45) is 0. The molecular weight excluding hydrogens is 228 g/mol. The smallest absolute Gasteiger partial charge is 0.253 e. The number of hydrogen-bond acceptors (Lipinski definition) is 3. The molecule has 0 heterocycles. The van der Waals surface area contributed by atoms with Gasteiger partial charge in [0, 0.05) is 24.9 Å². The second-order valence-corrected chi connectivity index (χ2v) is 4.30. The number of amides is 1. The number of carbonyl (C=O) groups is 1. The number of benzene rings is 1. The monoisotopic (exact) mass is 250 g/mol. The van der Waals surface area contributed by atoms with E-state index in [1.54, 1.807) is 0 Å². The topological polar surface area (TPSA) is 50.4 Å². The quantitative estimate of drug-likeness (QED) is 0.730. The third kappa shape index (κ3) is 4.75. The molecule has 4 heteroatoms. The first kappa shape index (κ1) is 14.5. The average Bonchev–Trinajstić information content (AvgIpc) is 2.34. The van der Waals surface area contributed by atoms with Crippen LogP contribution in [0.25, 0.3) is 0 Å². The molecule has 0 spiro atoms. The Morgan fingerprint density at radius 1 is 1.33 bits per heavy atom. The van der Waals surface area contributed by atoms with Gasteiger partial charge in [-0.2, -0.15) is 0 Å². The van der Waals surface area contributed by atoms with Crippen LogP contribution in [-0.4, -0.2) is 31.7 Å². The first-order valence-corrected chi connectivity index (χ1v) is 6.36. The van der Waals surface area contributed by atoms with Crippen LogP contribution in [-0.2, 0) is 4.74 Å². The van der Waals surface area contributed by atoms with Gasteiger partial charge in [-0.1, -0.05) is 12.1 Å². The lowest BCUT2D eigenvalue weighted by atomic mass is 10.1. The molecule has 0 aliphatic carbocycles. The minimum absolute atomic E-state index is 0.0709. The number of hydrogen-bond donors (Lipinski definition) is 2. The van der Waals surface area contributed by atoms with Crippen molar-refractivity contribution in [3.8, 4) is 0 Å². The minimum atomic E-state index is -0.0709. The van der Waals surface area contributed by atoms with Gasteiger partial charge < -0.3 is 15.4 Å². The van der Waals surface area contributed by atoms with Crippen LogP contribution in [0.2, 0.25) is 0 Å². The first-order valence-electron chi connectivity index (χ1n) is 6.36. The zero-order valence-electron chi connectivity index (χ0n) is 11.3. The van der Waals surface area contributed by atoms with Gasteiger partial charge in [0.05, 0.1) is 12.2 Å². The van der Waals surface area contributed by atoms with E-state index in [0.29, 0.717) is 31.4 Å². The summed E-state index contributed by atoms with van der Waals surface area (Å²) in [6.45, 7) is 7.77. The highest BCUT2D eigenvalue weighted by Crippen LogP contribution is 2.15. The van der Waals surface area contributed by atoms with Gasteiger partial charge in [-0.15, -0.1) is 0 Å². The van der Waals surface area contributed by atoms with Gasteiger partial charge in [0.1, 0.15) is 0 Å². The molecule has 1 aromatic rings. The van der Waals surface area contributed by atoms with Crippen LogP contribution in [0.3, 0.4) is 0 Å². The normalized spacial score (nSPS) is 10.4. The number of para-hydroxylation sites is 1. The van der Waals surface area contributed by atoms with Crippen LogP contribution in [0.5, 0.6) is 0 Å². The van der Waals surface area contributed by atoms with Crippen molar-refractivity contribution in [3.05, 3.63) is 29.8 Å². The Hall–Kier alpha value is -1.55. The Bertz CT molecular complexity index is 378. The van der Waals surface area contributed by atoms with E-state index in [2.05, 4.69) is 10.6 Å². The lowest BCUT2D eigenvalue weighted by molar-refractivity contribution is 0.0923. The van der Waals surface area contributed by atoms with Gasteiger partial charge in [-0.05, 0) is 32.9 Å². The maximum absolute atomic E-state index is 12.0. The predicted molar refractivity (Wildman–Crippen MR) is 74.0 cm³/mol. The van der Waals surface area contributed by atoms with Crippen molar-refractivity contribution in [2.45, 2.75) is 26.8 Å². The Labute approximate surface area is 109 Å². The van der Waals surface area contributed by atoms with Gasteiger partial charge in [0.15, 0.2) is 0 Å². The van der Waals surface area contributed by atoms with E-state index >= 15 is 0 Å². The highest BCUT2D eigenvalue weighted by Gasteiger charge is 2.10. The summed E-state index contributed by atoms with van der Waals surface area (Å²) < 4.78 is 5.18. The lowest BCUT2D eigenvalue weighted by Crippen LogP contribution is -2.28. The molecule has 0 bridgehead atoms. The molecule has 4 nitrogen and oxygen atoms in total. The van der Waals surface area contributed by atoms with E-state index in [1.807, 2.05) is 45.0 Å².